The molecule has 0 bridgehead atoms. The summed E-state index contributed by atoms with van der Waals surface area (Å²) in [5.41, 5.74) is 5.13. The summed E-state index contributed by atoms with van der Waals surface area (Å²) in [5, 5.41) is 3.74. The SMILES string of the molecule is CCOc1ccc(O[C@@H](C)C(=O)NNC(=O)c2snnc2C)cc1. The number of nitrogens with zero attached hydrogens (tertiary/aromatic N) is 2. The van der Waals surface area contributed by atoms with Gasteiger partial charge in [-0.15, -0.1) is 5.10 Å². The maximum absolute atomic E-state index is 12.0. The minimum atomic E-state index is -0.788. The van der Waals surface area contributed by atoms with Gasteiger partial charge in [-0.25, -0.2) is 0 Å². The van der Waals surface area contributed by atoms with E-state index in [1.807, 2.05) is 6.92 Å². The Labute approximate surface area is 143 Å². The van der Waals surface area contributed by atoms with E-state index >= 15 is 0 Å². The Morgan fingerprint density at radius 3 is 2.46 bits per heavy atom. The van der Waals surface area contributed by atoms with Crippen LogP contribution in [0.15, 0.2) is 24.3 Å². The number of amides is 2. The molecule has 1 atom stereocenters. The van der Waals surface area contributed by atoms with Crippen molar-refractivity contribution < 1.29 is 19.1 Å². The maximum Gasteiger partial charge on any atom is 0.283 e. The molecule has 0 aliphatic rings. The van der Waals surface area contributed by atoms with Crippen LogP contribution in [0.25, 0.3) is 0 Å². The van der Waals surface area contributed by atoms with E-state index in [4.69, 9.17) is 9.47 Å². The summed E-state index contributed by atoms with van der Waals surface area (Å²) in [6, 6.07) is 6.93. The Morgan fingerprint density at radius 2 is 1.88 bits per heavy atom. The lowest BCUT2D eigenvalue weighted by atomic mass is 10.3. The number of ether oxygens (including phenoxy) is 2. The number of aromatic nitrogens is 2. The van der Waals surface area contributed by atoms with E-state index < -0.39 is 17.9 Å². The number of hydrogen-bond donors (Lipinski definition) is 2. The molecule has 1 heterocycles. The smallest absolute Gasteiger partial charge is 0.283 e. The van der Waals surface area contributed by atoms with Crippen LogP contribution in [0.2, 0.25) is 0 Å². The quantitative estimate of drug-likeness (QED) is 0.765. The first kappa shape index (κ1) is 17.7. The highest BCUT2D eigenvalue weighted by molar-refractivity contribution is 7.07. The molecule has 9 heteroatoms. The molecule has 0 radical (unpaired) electrons. The highest BCUT2D eigenvalue weighted by Crippen LogP contribution is 2.18. The van der Waals surface area contributed by atoms with Crippen LogP contribution >= 0.6 is 11.5 Å². The summed E-state index contributed by atoms with van der Waals surface area (Å²) in [6.45, 7) is 5.72. The number of aryl methyl sites for hydroxylation is 1. The molecule has 2 aromatic rings. The summed E-state index contributed by atoms with van der Waals surface area (Å²) < 4.78 is 14.5. The molecule has 128 valence electrons. The number of hydrogen-bond acceptors (Lipinski definition) is 7. The van der Waals surface area contributed by atoms with Gasteiger partial charge >= 0.3 is 0 Å². The monoisotopic (exact) mass is 350 g/mol. The second kappa shape index (κ2) is 8.25. The molecule has 0 aliphatic heterocycles. The van der Waals surface area contributed by atoms with E-state index in [0.717, 1.165) is 17.3 Å². The van der Waals surface area contributed by atoms with Gasteiger partial charge in [0.1, 0.15) is 16.4 Å². The third-order valence-electron chi connectivity index (χ3n) is 2.97. The van der Waals surface area contributed by atoms with Crippen molar-refractivity contribution in [3.63, 3.8) is 0 Å². The van der Waals surface area contributed by atoms with Crippen LogP contribution in [0.3, 0.4) is 0 Å². The van der Waals surface area contributed by atoms with Gasteiger partial charge in [0.25, 0.3) is 11.8 Å². The molecule has 24 heavy (non-hydrogen) atoms. The zero-order valence-electron chi connectivity index (χ0n) is 13.5. The van der Waals surface area contributed by atoms with Crippen molar-refractivity contribution >= 4 is 23.3 Å². The molecule has 0 aliphatic carbocycles. The maximum atomic E-state index is 12.0. The molecule has 2 rings (SSSR count). The van der Waals surface area contributed by atoms with Crippen LogP contribution in [0.5, 0.6) is 11.5 Å². The fourth-order valence-corrected chi connectivity index (χ4v) is 2.31. The van der Waals surface area contributed by atoms with Gasteiger partial charge in [0.15, 0.2) is 6.10 Å². The highest BCUT2D eigenvalue weighted by atomic mass is 32.1. The lowest BCUT2D eigenvalue weighted by molar-refractivity contribution is -0.128. The number of benzene rings is 1. The highest BCUT2D eigenvalue weighted by Gasteiger charge is 2.18. The van der Waals surface area contributed by atoms with Crippen LogP contribution in [0, 0.1) is 6.92 Å². The van der Waals surface area contributed by atoms with Gasteiger partial charge in [0.05, 0.1) is 12.3 Å². The van der Waals surface area contributed by atoms with Crippen LogP contribution in [-0.2, 0) is 4.79 Å². The molecule has 8 nitrogen and oxygen atoms in total. The first-order valence-corrected chi connectivity index (χ1v) is 8.07. The molecular weight excluding hydrogens is 332 g/mol. The van der Waals surface area contributed by atoms with Gasteiger partial charge in [-0.05, 0) is 56.6 Å². The van der Waals surface area contributed by atoms with Gasteiger partial charge in [0.2, 0.25) is 0 Å². The predicted molar refractivity (Wildman–Crippen MR) is 88.0 cm³/mol. The standard InChI is InChI=1S/C15H18N4O4S/c1-4-22-11-5-7-12(8-6-11)23-10(3)14(20)17-18-15(21)13-9(2)16-19-24-13/h5-8,10H,4H2,1-3H3,(H,17,20)(H,18,21)/t10-/m0/s1. The summed E-state index contributed by atoms with van der Waals surface area (Å²) in [6.07, 6.45) is -0.788. The first-order chi connectivity index (χ1) is 11.5. The number of rotatable bonds is 6. The van der Waals surface area contributed by atoms with Crippen molar-refractivity contribution in [1.29, 1.82) is 0 Å². The van der Waals surface area contributed by atoms with Crippen molar-refractivity contribution in [2.75, 3.05) is 6.61 Å². The van der Waals surface area contributed by atoms with E-state index in [0.29, 0.717) is 22.9 Å². The Bertz CT molecular complexity index is 702. The molecule has 2 amide bonds. The lowest BCUT2D eigenvalue weighted by Crippen LogP contribution is -2.47. The zero-order valence-corrected chi connectivity index (χ0v) is 14.3. The fraction of sp³-hybridized carbons (Fsp3) is 0.333. The average Bonchev–Trinajstić information content (AvgIpc) is 3.00. The largest absolute Gasteiger partial charge is 0.494 e. The summed E-state index contributed by atoms with van der Waals surface area (Å²) >= 11 is 0.958. The minimum absolute atomic E-state index is 0.343. The van der Waals surface area contributed by atoms with Crippen LogP contribution in [-0.4, -0.2) is 34.1 Å². The molecule has 0 saturated carbocycles. The van der Waals surface area contributed by atoms with Crippen LogP contribution in [0.4, 0.5) is 0 Å². The molecule has 1 aromatic carbocycles. The first-order valence-electron chi connectivity index (χ1n) is 7.30. The van der Waals surface area contributed by atoms with E-state index in [2.05, 4.69) is 20.4 Å². The van der Waals surface area contributed by atoms with Gasteiger partial charge in [0, 0.05) is 0 Å². The molecule has 0 unspecified atom stereocenters. The van der Waals surface area contributed by atoms with E-state index in [-0.39, 0.29) is 0 Å². The van der Waals surface area contributed by atoms with Crippen molar-refractivity contribution in [2.24, 2.45) is 0 Å². The lowest BCUT2D eigenvalue weighted by Gasteiger charge is -2.15. The Hall–Kier alpha value is -2.68. The summed E-state index contributed by atoms with van der Waals surface area (Å²) in [7, 11) is 0. The third-order valence-corrected chi connectivity index (χ3v) is 3.80. The third kappa shape index (κ3) is 4.66. The normalized spacial score (nSPS) is 11.5. The summed E-state index contributed by atoms with van der Waals surface area (Å²) in [5.74, 6) is 0.300. The van der Waals surface area contributed by atoms with Crippen LogP contribution < -0.4 is 20.3 Å². The number of hydrazine groups is 1. The second-order valence-electron chi connectivity index (χ2n) is 4.80. The number of nitrogens with one attached hydrogen (secondary N) is 2. The van der Waals surface area contributed by atoms with Crippen molar-refractivity contribution in [3.05, 3.63) is 34.8 Å². The fourth-order valence-electron chi connectivity index (χ4n) is 1.76. The number of carbonyl (C=O) groups is 2. The minimum Gasteiger partial charge on any atom is -0.494 e. The van der Waals surface area contributed by atoms with Crippen molar-refractivity contribution in [3.8, 4) is 11.5 Å². The molecule has 0 fully saturated rings. The van der Waals surface area contributed by atoms with Crippen molar-refractivity contribution in [2.45, 2.75) is 26.9 Å². The zero-order chi connectivity index (χ0) is 17.5. The Kier molecular flexibility index (Phi) is 6.07. The molecular formula is C15H18N4O4S. The van der Waals surface area contributed by atoms with E-state index in [1.165, 1.54) is 0 Å². The topological polar surface area (TPSA) is 102 Å². The second-order valence-corrected chi connectivity index (χ2v) is 5.55. The summed E-state index contributed by atoms with van der Waals surface area (Å²) in [4.78, 5) is 24.2. The van der Waals surface area contributed by atoms with Gasteiger partial charge < -0.3 is 9.47 Å². The molecule has 2 N–H and O–H groups in total. The van der Waals surface area contributed by atoms with Gasteiger partial charge in [-0.3, -0.25) is 20.4 Å². The van der Waals surface area contributed by atoms with Crippen LogP contribution in [0.1, 0.15) is 29.2 Å². The van der Waals surface area contributed by atoms with E-state index in [9.17, 15) is 9.59 Å². The van der Waals surface area contributed by atoms with E-state index in [1.54, 1.807) is 38.1 Å². The predicted octanol–water partition coefficient (Wildman–Crippen LogP) is 1.47. The van der Waals surface area contributed by atoms with Gasteiger partial charge in [-0.2, -0.15) is 0 Å². The molecule has 1 aromatic heterocycles. The molecule has 0 spiro atoms. The Morgan fingerprint density at radius 1 is 1.21 bits per heavy atom. The number of carbonyl (C=O) groups excluding carboxylic acids is 2. The van der Waals surface area contributed by atoms with Gasteiger partial charge in [-0.1, -0.05) is 4.49 Å². The Balaban J connectivity index is 1.83. The molecule has 0 saturated heterocycles. The van der Waals surface area contributed by atoms with Crippen molar-refractivity contribution in [1.82, 2.24) is 20.4 Å². The average molecular weight is 350 g/mol.